The summed E-state index contributed by atoms with van der Waals surface area (Å²) in [4.78, 5) is 17.5. The SMILES string of the molecule is Cc1ccc(-n2nc(C(=O)Nc3cccc(Cl)c3C)nc2-c2cccc(Cl)c2)cc1C. The molecule has 0 saturated heterocycles. The first kappa shape index (κ1) is 21.1. The number of nitrogens with zero attached hydrogens (tertiary/aromatic N) is 3. The van der Waals surface area contributed by atoms with E-state index in [1.807, 2.05) is 51.1 Å². The Labute approximate surface area is 190 Å². The van der Waals surface area contributed by atoms with Gasteiger partial charge in [-0.2, -0.15) is 0 Å². The first-order valence-electron chi connectivity index (χ1n) is 9.70. The summed E-state index contributed by atoms with van der Waals surface area (Å²) in [6.07, 6.45) is 0. The van der Waals surface area contributed by atoms with Crippen molar-refractivity contribution in [2.75, 3.05) is 5.32 Å². The van der Waals surface area contributed by atoms with Crippen LogP contribution in [0.1, 0.15) is 27.3 Å². The number of rotatable bonds is 4. The third-order valence-electron chi connectivity index (χ3n) is 5.14. The van der Waals surface area contributed by atoms with Crippen molar-refractivity contribution in [3.05, 3.63) is 93.2 Å². The van der Waals surface area contributed by atoms with Crippen LogP contribution in [0, 0.1) is 20.8 Å². The molecule has 31 heavy (non-hydrogen) atoms. The van der Waals surface area contributed by atoms with Crippen LogP contribution < -0.4 is 5.32 Å². The summed E-state index contributed by atoms with van der Waals surface area (Å²) < 4.78 is 1.66. The van der Waals surface area contributed by atoms with E-state index >= 15 is 0 Å². The van der Waals surface area contributed by atoms with E-state index in [1.165, 1.54) is 5.56 Å². The van der Waals surface area contributed by atoms with E-state index in [2.05, 4.69) is 15.4 Å². The molecule has 0 spiro atoms. The summed E-state index contributed by atoms with van der Waals surface area (Å²) in [5.74, 6) is 0.155. The summed E-state index contributed by atoms with van der Waals surface area (Å²) in [5.41, 5.74) is 5.25. The predicted octanol–water partition coefficient (Wildman–Crippen LogP) is 6.42. The lowest BCUT2D eigenvalue weighted by Crippen LogP contribution is -2.15. The molecule has 0 bridgehead atoms. The van der Waals surface area contributed by atoms with Crippen molar-refractivity contribution >= 4 is 34.8 Å². The van der Waals surface area contributed by atoms with Crippen LogP contribution in [0.3, 0.4) is 0 Å². The van der Waals surface area contributed by atoms with Crippen molar-refractivity contribution in [2.45, 2.75) is 20.8 Å². The van der Waals surface area contributed by atoms with Crippen molar-refractivity contribution in [2.24, 2.45) is 0 Å². The van der Waals surface area contributed by atoms with Gasteiger partial charge in [0.05, 0.1) is 5.69 Å². The van der Waals surface area contributed by atoms with Crippen LogP contribution in [0.15, 0.2) is 60.7 Å². The topological polar surface area (TPSA) is 59.8 Å². The molecule has 0 aliphatic rings. The number of halogens is 2. The highest BCUT2D eigenvalue weighted by Crippen LogP contribution is 2.26. The van der Waals surface area contributed by atoms with Gasteiger partial charge in [0.25, 0.3) is 5.91 Å². The van der Waals surface area contributed by atoms with Crippen molar-refractivity contribution in [1.82, 2.24) is 14.8 Å². The van der Waals surface area contributed by atoms with E-state index in [0.29, 0.717) is 21.6 Å². The second-order valence-corrected chi connectivity index (χ2v) is 8.16. The second kappa shape index (κ2) is 8.53. The molecule has 1 heterocycles. The number of carbonyl (C=O) groups excluding carboxylic acids is 1. The van der Waals surface area contributed by atoms with Crippen LogP contribution in [-0.2, 0) is 0 Å². The van der Waals surface area contributed by atoms with Crippen molar-refractivity contribution in [3.63, 3.8) is 0 Å². The summed E-state index contributed by atoms with van der Waals surface area (Å²) in [6, 6.07) is 18.6. The summed E-state index contributed by atoms with van der Waals surface area (Å²) in [6.45, 7) is 5.92. The first-order valence-corrected chi connectivity index (χ1v) is 10.5. The van der Waals surface area contributed by atoms with Gasteiger partial charge in [-0.05, 0) is 73.9 Å². The molecule has 1 N–H and O–H groups in total. The number of aryl methyl sites for hydroxylation is 2. The molecular weight excluding hydrogens is 431 g/mol. The first-order chi connectivity index (χ1) is 14.8. The minimum atomic E-state index is -0.420. The van der Waals surface area contributed by atoms with E-state index in [0.717, 1.165) is 22.4 Å². The van der Waals surface area contributed by atoms with Crippen molar-refractivity contribution in [1.29, 1.82) is 0 Å². The van der Waals surface area contributed by atoms with Crippen LogP contribution in [0.5, 0.6) is 0 Å². The van der Waals surface area contributed by atoms with Crippen LogP contribution in [0.4, 0.5) is 5.69 Å². The van der Waals surface area contributed by atoms with Crippen LogP contribution in [-0.4, -0.2) is 20.7 Å². The predicted molar refractivity (Wildman–Crippen MR) is 125 cm³/mol. The van der Waals surface area contributed by atoms with E-state index in [1.54, 1.807) is 35.0 Å². The Balaban J connectivity index is 1.80. The highest BCUT2D eigenvalue weighted by molar-refractivity contribution is 6.32. The fourth-order valence-electron chi connectivity index (χ4n) is 3.18. The summed E-state index contributed by atoms with van der Waals surface area (Å²) >= 11 is 12.4. The van der Waals surface area contributed by atoms with Crippen LogP contribution in [0.2, 0.25) is 10.0 Å². The summed E-state index contributed by atoms with van der Waals surface area (Å²) in [7, 11) is 0. The molecule has 5 nitrogen and oxygen atoms in total. The van der Waals surface area contributed by atoms with Gasteiger partial charge in [0, 0.05) is 21.3 Å². The Bertz CT molecular complexity index is 1300. The Hall–Kier alpha value is -3.15. The molecule has 0 aliphatic carbocycles. The Morgan fingerprint density at radius 1 is 0.935 bits per heavy atom. The molecule has 7 heteroatoms. The fourth-order valence-corrected chi connectivity index (χ4v) is 3.55. The molecule has 3 aromatic carbocycles. The number of benzene rings is 3. The lowest BCUT2D eigenvalue weighted by molar-refractivity contribution is 0.101. The van der Waals surface area contributed by atoms with E-state index in [4.69, 9.17) is 23.2 Å². The van der Waals surface area contributed by atoms with E-state index in [-0.39, 0.29) is 5.82 Å². The maximum Gasteiger partial charge on any atom is 0.295 e. The highest BCUT2D eigenvalue weighted by atomic mass is 35.5. The Morgan fingerprint density at radius 2 is 1.71 bits per heavy atom. The van der Waals surface area contributed by atoms with E-state index < -0.39 is 5.91 Å². The maximum atomic E-state index is 13.0. The van der Waals surface area contributed by atoms with Gasteiger partial charge in [-0.1, -0.05) is 47.5 Å². The molecule has 0 unspecified atom stereocenters. The zero-order valence-corrected chi connectivity index (χ0v) is 18.8. The number of amides is 1. The number of nitrogens with one attached hydrogen (secondary N) is 1. The van der Waals surface area contributed by atoms with Gasteiger partial charge >= 0.3 is 0 Å². The zero-order chi connectivity index (χ0) is 22.1. The van der Waals surface area contributed by atoms with Crippen LogP contribution >= 0.6 is 23.2 Å². The highest BCUT2D eigenvalue weighted by Gasteiger charge is 2.20. The molecular formula is C24H20Cl2N4O. The molecule has 1 amide bonds. The number of hydrogen-bond acceptors (Lipinski definition) is 3. The normalized spacial score (nSPS) is 10.9. The average Bonchev–Trinajstić information content (AvgIpc) is 3.19. The maximum absolute atomic E-state index is 13.0. The summed E-state index contributed by atoms with van der Waals surface area (Å²) in [5, 5.41) is 8.53. The molecule has 4 rings (SSSR count). The van der Waals surface area contributed by atoms with Gasteiger partial charge < -0.3 is 5.32 Å². The lowest BCUT2D eigenvalue weighted by atomic mass is 10.1. The molecule has 156 valence electrons. The fraction of sp³-hybridized carbons (Fsp3) is 0.125. The third kappa shape index (κ3) is 4.33. The quantitative estimate of drug-likeness (QED) is 0.390. The number of aromatic nitrogens is 3. The molecule has 0 saturated carbocycles. The molecule has 0 radical (unpaired) electrons. The minimum Gasteiger partial charge on any atom is -0.319 e. The van der Waals surface area contributed by atoms with Gasteiger partial charge in [0.1, 0.15) is 0 Å². The average molecular weight is 451 g/mol. The van der Waals surface area contributed by atoms with Gasteiger partial charge in [-0.25, -0.2) is 9.67 Å². The van der Waals surface area contributed by atoms with Gasteiger partial charge in [0.15, 0.2) is 5.82 Å². The molecule has 0 aliphatic heterocycles. The van der Waals surface area contributed by atoms with Crippen LogP contribution in [0.25, 0.3) is 17.1 Å². The lowest BCUT2D eigenvalue weighted by Gasteiger charge is -2.08. The number of carbonyl (C=O) groups is 1. The van der Waals surface area contributed by atoms with Gasteiger partial charge in [0.2, 0.25) is 5.82 Å². The van der Waals surface area contributed by atoms with E-state index in [9.17, 15) is 4.79 Å². The smallest absolute Gasteiger partial charge is 0.295 e. The standard InChI is InChI=1S/C24H20Cl2N4O/c1-14-10-11-19(12-15(14)2)30-23(17-6-4-7-18(25)13-17)28-22(29-30)24(31)27-21-9-5-8-20(26)16(21)3/h4-13H,1-3H3,(H,27,31). The number of hydrogen-bond donors (Lipinski definition) is 1. The monoisotopic (exact) mass is 450 g/mol. The second-order valence-electron chi connectivity index (χ2n) is 7.32. The van der Waals surface area contributed by atoms with Gasteiger partial charge in [-0.3, -0.25) is 4.79 Å². The Morgan fingerprint density at radius 3 is 2.45 bits per heavy atom. The third-order valence-corrected chi connectivity index (χ3v) is 5.79. The number of anilines is 1. The van der Waals surface area contributed by atoms with Crippen molar-refractivity contribution in [3.8, 4) is 17.1 Å². The molecule has 4 aromatic rings. The van der Waals surface area contributed by atoms with Crippen molar-refractivity contribution < 1.29 is 4.79 Å². The Kier molecular flexibility index (Phi) is 5.81. The molecule has 0 atom stereocenters. The zero-order valence-electron chi connectivity index (χ0n) is 17.3. The van der Waals surface area contributed by atoms with Gasteiger partial charge in [-0.15, -0.1) is 5.10 Å². The largest absolute Gasteiger partial charge is 0.319 e. The molecule has 0 fully saturated rings. The minimum absolute atomic E-state index is 0.0487. The molecule has 1 aromatic heterocycles.